The minimum atomic E-state index is -1.09. The number of nitrogens with one attached hydrogen (secondary N) is 6. The van der Waals surface area contributed by atoms with Crippen molar-refractivity contribution in [1.29, 1.82) is 0 Å². The van der Waals surface area contributed by atoms with Gasteiger partial charge in [0.1, 0.15) is 44.0 Å². The highest BCUT2D eigenvalue weighted by Gasteiger charge is 2.30. The molecule has 6 amide bonds. The van der Waals surface area contributed by atoms with Gasteiger partial charge in [0.25, 0.3) is 0 Å². The molecular weight excluding hydrogens is 1390 g/mol. The summed E-state index contributed by atoms with van der Waals surface area (Å²) in [5.74, 6) is -5.66. The zero-order valence-corrected chi connectivity index (χ0v) is 63.7. The third-order valence-corrected chi connectivity index (χ3v) is 16.8. The monoisotopic (exact) mass is 1530 g/mol. The Labute approximate surface area is 633 Å². The summed E-state index contributed by atoms with van der Waals surface area (Å²) >= 11 is 0. The number of amides is 6. The number of nitrogens with two attached hydrogens (primary N) is 3. The molecular formula is C74H131N11O22. The van der Waals surface area contributed by atoms with Crippen LogP contribution in [0.4, 0.5) is 0 Å². The lowest BCUT2D eigenvalue weighted by Gasteiger charge is -2.29. The Morgan fingerprint density at radius 1 is 0.477 bits per heavy atom. The first kappa shape index (κ1) is 97.7. The van der Waals surface area contributed by atoms with Gasteiger partial charge < -0.3 is 102 Å². The minimum Gasteiger partial charge on any atom is -0.508 e. The Morgan fingerprint density at radius 3 is 1.42 bits per heavy atom. The molecule has 0 aliphatic carbocycles. The number of carbonyl (C=O) groups excluding carboxylic acids is 9. The molecule has 0 saturated heterocycles. The van der Waals surface area contributed by atoms with Crippen LogP contribution in [0.25, 0.3) is 0 Å². The van der Waals surface area contributed by atoms with Crippen LogP contribution in [0, 0.1) is 5.92 Å². The molecule has 0 unspecified atom stereocenters. The highest BCUT2D eigenvalue weighted by atomic mass is 16.5. The lowest BCUT2D eigenvalue weighted by molar-refractivity contribution is -0.144. The quantitative estimate of drug-likeness (QED) is 0.0253. The van der Waals surface area contributed by atoms with Gasteiger partial charge in [-0.2, -0.15) is 0 Å². The molecule has 1 aromatic carbocycles. The normalized spacial score (nSPS) is 12.4. The van der Waals surface area contributed by atoms with Gasteiger partial charge in [-0.05, 0) is 89.1 Å². The lowest BCUT2D eigenvalue weighted by atomic mass is 9.94. The van der Waals surface area contributed by atoms with Crippen molar-refractivity contribution in [1.82, 2.24) is 36.8 Å². The molecule has 107 heavy (non-hydrogen) atoms. The summed E-state index contributed by atoms with van der Waals surface area (Å²) in [6.45, 7) is 5.47. The van der Waals surface area contributed by atoms with Crippen molar-refractivity contribution in [2.45, 2.75) is 198 Å². The van der Waals surface area contributed by atoms with Gasteiger partial charge in [-0.15, -0.1) is 0 Å². The van der Waals surface area contributed by atoms with Crippen LogP contribution in [0.1, 0.15) is 181 Å². The fourth-order valence-electron chi connectivity index (χ4n) is 10.9. The first-order chi connectivity index (χ1) is 51.6. The van der Waals surface area contributed by atoms with Crippen molar-refractivity contribution < 1.29 is 107 Å². The number of hydrogen-bond donors (Lipinski definition) is 12. The Bertz CT molecular complexity index is 2650. The molecule has 0 aromatic heterocycles. The predicted molar refractivity (Wildman–Crippen MR) is 402 cm³/mol. The summed E-state index contributed by atoms with van der Waals surface area (Å²) in [6, 6.07) is 3.79. The lowest BCUT2D eigenvalue weighted by Crippen LogP contribution is -2.54. The average molecular weight is 1530 g/mol. The third-order valence-electron chi connectivity index (χ3n) is 16.8. The number of ketones is 3. The molecule has 33 nitrogen and oxygen atoms in total. The maximum Gasteiger partial charge on any atom is 0.306 e. The van der Waals surface area contributed by atoms with Crippen molar-refractivity contribution in [2.24, 2.45) is 28.1 Å². The number of primary amides is 1. The van der Waals surface area contributed by atoms with Crippen molar-refractivity contribution in [2.75, 3.05) is 159 Å². The van der Waals surface area contributed by atoms with E-state index in [1.807, 2.05) is 6.92 Å². The van der Waals surface area contributed by atoms with Crippen LogP contribution in [0.3, 0.4) is 0 Å². The number of hydrogen-bond acceptors (Lipinski definition) is 23. The first-order valence-electron chi connectivity index (χ1n) is 38.2. The van der Waals surface area contributed by atoms with Gasteiger partial charge in [0.2, 0.25) is 35.4 Å². The van der Waals surface area contributed by atoms with Crippen LogP contribution >= 0.6 is 0 Å². The molecule has 0 fully saturated rings. The van der Waals surface area contributed by atoms with Crippen molar-refractivity contribution in [3.05, 3.63) is 29.8 Å². The highest BCUT2D eigenvalue weighted by Crippen LogP contribution is 2.19. The van der Waals surface area contributed by atoms with Crippen LogP contribution in [-0.2, 0) is 97.1 Å². The number of unbranched alkanes of at least 4 members (excludes halogenated alkanes) is 14. The molecule has 0 saturated carbocycles. The highest BCUT2D eigenvalue weighted by molar-refractivity contribution is 5.91. The van der Waals surface area contributed by atoms with E-state index in [0.29, 0.717) is 63.8 Å². The maximum absolute atomic E-state index is 13.7. The number of phenols is 1. The number of benzene rings is 1. The Hall–Kier alpha value is -7.34. The third kappa shape index (κ3) is 59.3. The van der Waals surface area contributed by atoms with Gasteiger partial charge in [-0.25, -0.2) is 0 Å². The van der Waals surface area contributed by atoms with Gasteiger partial charge >= 0.3 is 11.9 Å². The largest absolute Gasteiger partial charge is 0.508 e. The number of nitrogens with zero attached hydrogens (tertiary/aromatic N) is 2. The molecule has 614 valence electrons. The number of rotatable bonds is 76. The molecule has 0 aliphatic rings. The van der Waals surface area contributed by atoms with E-state index in [2.05, 4.69) is 36.9 Å². The number of aromatic hydroxyl groups is 1. The van der Waals surface area contributed by atoms with E-state index >= 15 is 0 Å². The number of aliphatic carboxylic acids is 2. The van der Waals surface area contributed by atoms with Gasteiger partial charge in [0, 0.05) is 79.3 Å². The van der Waals surface area contributed by atoms with E-state index in [9.17, 15) is 63.0 Å². The maximum atomic E-state index is 13.7. The number of guanidine groups is 1. The number of carboxylic acids is 2. The van der Waals surface area contributed by atoms with Crippen molar-refractivity contribution in [3.8, 4) is 5.75 Å². The van der Waals surface area contributed by atoms with Crippen LogP contribution < -0.4 is 49.1 Å². The van der Waals surface area contributed by atoms with Crippen LogP contribution in [-0.4, -0.2) is 268 Å². The second kappa shape index (κ2) is 66.8. The molecule has 33 heteroatoms. The van der Waals surface area contributed by atoms with Gasteiger partial charge in [-0.3, -0.25) is 62.6 Å². The number of carbonyl (C=O) groups is 11. The molecule has 1 rings (SSSR count). The van der Waals surface area contributed by atoms with Crippen molar-refractivity contribution in [3.63, 3.8) is 0 Å². The fourth-order valence-corrected chi connectivity index (χ4v) is 10.9. The number of aliphatic imine (C=N–C) groups is 1. The van der Waals surface area contributed by atoms with Gasteiger partial charge in [0.15, 0.2) is 17.5 Å². The zero-order valence-electron chi connectivity index (χ0n) is 63.7. The standard InChI is InChI=1S/C74H129N11O22.H2/c1-3-78-62(65(89)52-85(2)64(25-20-34-83-74(76)77)72(97)84-63(71(75)96)50-57-27-30-59(86)31-28-57)24-18-19-33-79-67(91)54-106-48-45-103-41-37-82-68(92)55-105-47-42-100-38-21-23-61(88)53-104-46-43-102-40-36-81-69(93)56-107-49-44-101-39-35-80-66(90)32-29-58(73(98)99)51-60(87)22-16-14-12-10-8-6-4-5-7-9-11-13-15-17-26-70(94)95;/h27-28,30-31,58,62-64,78,86H,3-26,29,32-56H2,1-2H3,(H2,75,96)(H,79,91)(H,80,90)(H,81,93)(H,82,92)(H,84,97)(H,94,95)(H,98,99)(H4,76,77,83);1H/t58-,62+,63+,64+;/m1./s1. The van der Waals surface area contributed by atoms with Crippen LogP contribution in [0.2, 0.25) is 0 Å². The number of phenolic OH excluding ortho intramolecular Hbond substituents is 1. The van der Waals surface area contributed by atoms with Gasteiger partial charge in [0.05, 0.1) is 97.2 Å². The molecule has 0 bridgehead atoms. The van der Waals surface area contributed by atoms with Gasteiger partial charge in [-0.1, -0.05) is 96.1 Å². The fraction of sp³-hybridized carbons (Fsp3) is 0.757. The Balaban J connectivity index is 0.000114. The predicted octanol–water partition coefficient (Wildman–Crippen LogP) is 2.94. The SMILES string of the molecule is CCN[C@@H](CCCCNC(=O)COCCOCCNC(=O)COCCOCCCC(=O)COCCOCCNC(=O)COCCOCCNC(=O)CC[C@H](CC(=O)CCCCCCCCCCCCCCCCC(=O)O)C(=O)O)C(=O)CN(C)[C@@H](CCCN=C(N)N)C(=O)N[C@@H](Cc1ccc(O)cc1)C(N)=O.[HH]. The van der Waals surface area contributed by atoms with Crippen LogP contribution in [0.15, 0.2) is 29.3 Å². The average Bonchev–Trinajstić information content (AvgIpc) is 0.859. The number of ether oxygens (including phenoxy) is 8. The summed E-state index contributed by atoms with van der Waals surface area (Å²) in [5, 5.41) is 44.8. The summed E-state index contributed by atoms with van der Waals surface area (Å²) < 4.78 is 43.3. The van der Waals surface area contributed by atoms with Crippen LogP contribution in [0.5, 0.6) is 5.75 Å². The van der Waals surface area contributed by atoms with Crippen molar-refractivity contribution >= 4 is 70.7 Å². The molecule has 0 radical (unpaired) electrons. The van der Waals surface area contributed by atoms with E-state index in [4.69, 9.17) is 60.2 Å². The number of carboxylic acid groups (broad SMARTS) is 2. The number of Topliss-reactive ketones (excluding diaryl/α,β-unsaturated/α-hetero) is 3. The minimum absolute atomic E-state index is 0. The summed E-state index contributed by atoms with van der Waals surface area (Å²) in [7, 11) is 1.65. The molecule has 0 heterocycles. The topological polar surface area (TPSA) is 488 Å². The first-order valence-corrected chi connectivity index (χ1v) is 38.2. The Kier molecular flexibility index (Phi) is 61.0. The smallest absolute Gasteiger partial charge is 0.306 e. The molecule has 0 spiro atoms. The second-order valence-corrected chi connectivity index (χ2v) is 26.1. The van der Waals surface area contributed by atoms with E-state index < -0.39 is 47.8 Å². The molecule has 0 aliphatic heterocycles. The summed E-state index contributed by atoms with van der Waals surface area (Å²) in [4.78, 5) is 141. The summed E-state index contributed by atoms with van der Waals surface area (Å²) in [6.07, 6.45) is 18.8. The van der Waals surface area contributed by atoms with E-state index in [0.717, 1.165) is 44.9 Å². The number of likely N-dealkylation sites (N-methyl/N-ethyl adjacent to an activating group) is 2. The van der Waals surface area contributed by atoms with E-state index in [1.54, 1.807) is 24.1 Å². The summed E-state index contributed by atoms with van der Waals surface area (Å²) in [5.41, 5.74) is 17.3. The van der Waals surface area contributed by atoms with E-state index in [1.165, 1.54) is 57.1 Å². The zero-order chi connectivity index (χ0) is 78.8. The van der Waals surface area contributed by atoms with E-state index in [-0.39, 0.29) is 231 Å². The Morgan fingerprint density at radius 2 is 0.935 bits per heavy atom. The molecule has 4 atom stereocenters. The second-order valence-electron chi connectivity index (χ2n) is 26.1. The molecule has 1 aromatic rings. The molecule has 15 N–H and O–H groups in total.